The van der Waals surface area contributed by atoms with Gasteiger partial charge in [0.15, 0.2) is 0 Å². The number of hydrogen-bond donors (Lipinski definition) is 2. The number of amides is 2. The standard InChI is InChI=1S/C16H20N2O3/c1-16(14(19)20,12-8-9-12)17-15(21)18-10-4-6-11-5-2-3-7-13(11)18/h2-3,5,7,12H,4,6,8-10H2,1H3,(H,17,21)(H,19,20). The van der Waals surface area contributed by atoms with Gasteiger partial charge in [0, 0.05) is 12.2 Å². The predicted molar refractivity (Wildman–Crippen MR) is 79.4 cm³/mol. The molecule has 1 unspecified atom stereocenters. The first-order valence-electron chi connectivity index (χ1n) is 7.43. The second kappa shape index (κ2) is 5.06. The number of rotatable bonds is 3. The van der Waals surface area contributed by atoms with Crippen molar-refractivity contribution in [2.24, 2.45) is 5.92 Å². The zero-order valence-electron chi connectivity index (χ0n) is 12.1. The van der Waals surface area contributed by atoms with Gasteiger partial charge in [-0.2, -0.15) is 0 Å². The summed E-state index contributed by atoms with van der Waals surface area (Å²) in [5.41, 5.74) is 0.871. The fourth-order valence-electron chi connectivity index (χ4n) is 3.03. The van der Waals surface area contributed by atoms with Crippen LogP contribution in [0.1, 0.15) is 31.7 Å². The number of aliphatic carboxylic acids is 1. The highest BCUT2D eigenvalue weighted by molar-refractivity contribution is 5.96. The van der Waals surface area contributed by atoms with Crippen LogP contribution < -0.4 is 10.2 Å². The molecule has 5 nitrogen and oxygen atoms in total. The minimum absolute atomic E-state index is 0.0407. The maximum absolute atomic E-state index is 12.6. The number of nitrogens with zero attached hydrogens (tertiary/aromatic N) is 1. The van der Waals surface area contributed by atoms with Crippen LogP contribution in [0.25, 0.3) is 0 Å². The highest BCUT2D eigenvalue weighted by atomic mass is 16.4. The van der Waals surface area contributed by atoms with Gasteiger partial charge in [0.25, 0.3) is 0 Å². The number of carbonyl (C=O) groups excluding carboxylic acids is 1. The van der Waals surface area contributed by atoms with Crippen LogP contribution in [0.2, 0.25) is 0 Å². The van der Waals surface area contributed by atoms with Crippen LogP contribution in [0, 0.1) is 5.92 Å². The van der Waals surface area contributed by atoms with Crippen molar-refractivity contribution in [3.8, 4) is 0 Å². The molecular weight excluding hydrogens is 268 g/mol. The number of hydrogen-bond acceptors (Lipinski definition) is 2. The minimum Gasteiger partial charge on any atom is -0.480 e. The zero-order valence-corrected chi connectivity index (χ0v) is 12.1. The summed E-state index contributed by atoms with van der Waals surface area (Å²) in [5, 5.41) is 12.2. The van der Waals surface area contributed by atoms with Crippen LogP contribution in [0.5, 0.6) is 0 Å². The molecule has 0 aromatic heterocycles. The molecule has 2 amide bonds. The first-order valence-corrected chi connectivity index (χ1v) is 7.43. The van der Waals surface area contributed by atoms with Gasteiger partial charge in [-0.1, -0.05) is 18.2 Å². The molecule has 3 rings (SSSR count). The van der Waals surface area contributed by atoms with Crippen LogP contribution >= 0.6 is 0 Å². The molecule has 0 bridgehead atoms. The number of para-hydroxylation sites is 1. The second-order valence-electron chi connectivity index (χ2n) is 6.10. The van der Waals surface area contributed by atoms with E-state index in [1.54, 1.807) is 11.8 Å². The van der Waals surface area contributed by atoms with Gasteiger partial charge in [-0.15, -0.1) is 0 Å². The van der Waals surface area contributed by atoms with Gasteiger partial charge in [0.1, 0.15) is 5.54 Å². The molecule has 1 heterocycles. The molecule has 1 atom stereocenters. The molecule has 1 aromatic carbocycles. The first kappa shape index (κ1) is 13.9. The second-order valence-corrected chi connectivity index (χ2v) is 6.10. The summed E-state index contributed by atoms with van der Waals surface area (Å²) in [6.07, 6.45) is 3.58. The van der Waals surface area contributed by atoms with Crippen LogP contribution in [-0.4, -0.2) is 29.2 Å². The number of anilines is 1. The Hall–Kier alpha value is -2.04. The molecule has 21 heavy (non-hydrogen) atoms. The summed E-state index contributed by atoms with van der Waals surface area (Å²) in [6, 6.07) is 7.50. The van der Waals surface area contributed by atoms with Gasteiger partial charge in [-0.05, 0) is 50.2 Å². The van der Waals surface area contributed by atoms with Crippen molar-refractivity contribution in [3.05, 3.63) is 29.8 Å². The number of urea groups is 1. The number of nitrogens with one attached hydrogen (secondary N) is 1. The van der Waals surface area contributed by atoms with Gasteiger partial charge < -0.3 is 10.4 Å². The average molecular weight is 288 g/mol. The van der Waals surface area contributed by atoms with Crippen molar-refractivity contribution in [3.63, 3.8) is 0 Å². The lowest BCUT2D eigenvalue weighted by atomic mass is 9.96. The van der Waals surface area contributed by atoms with Crippen molar-refractivity contribution in [2.75, 3.05) is 11.4 Å². The summed E-state index contributed by atoms with van der Waals surface area (Å²) < 4.78 is 0. The Balaban J connectivity index is 1.82. The SMILES string of the molecule is CC(NC(=O)N1CCCc2ccccc21)(C(=O)O)C1CC1. The third-order valence-corrected chi connectivity index (χ3v) is 4.56. The Morgan fingerprint density at radius 2 is 2.05 bits per heavy atom. The quantitative estimate of drug-likeness (QED) is 0.897. The number of benzene rings is 1. The van der Waals surface area contributed by atoms with Crippen molar-refractivity contribution < 1.29 is 14.7 Å². The van der Waals surface area contributed by atoms with Crippen LogP contribution in [0.15, 0.2) is 24.3 Å². The Kier molecular flexibility index (Phi) is 3.35. The predicted octanol–water partition coefficient (Wildman–Crippen LogP) is 2.40. The molecule has 5 heteroatoms. The molecular formula is C16H20N2O3. The van der Waals surface area contributed by atoms with E-state index in [4.69, 9.17) is 0 Å². The highest BCUT2D eigenvalue weighted by Crippen LogP contribution is 2.40. The van der Waals surface area contributed by atoms with Crippen LogP contribution in [0.3, 0.4) is 0 Å². The van der Waals surface area contributed by atoms with Crippen LogP contribution in [-0.2, 0) is 11.2 Å². The van der Waals surface area contributed by atoms with E-state index in [1.165, 1.54) is 0 Å². The summed E-state index contributed by atoms with van der Waals surface area (Å²) in [7, 11) is 0. The molecule has 1 aliphatic heterocycles. The third kappa shape index (κ3) is 2.48. The van der Waals surface area contributed by atoms with E-state index < -0.39 is 11.5 Å². The molecule has 1 aromatic rings. The topological polar surface area (TPSA) is 69.6 Å². The molecule has 2 N–H and O–H groups in total. The maximum atomic E-state index is 12.6. The van der Waals surface area contributed by atoms with Crippen molar-refractivity contribution in [1.82, 2.24) is 5.32 Å². The molecule has 112 valence electrons. The normalized spacial score (nSPS) is 20.3. The van der Waals surface area contributed by atoms with E-state index in [9.17, 15) is 14.7 Å². The maximum Gasteiger partial charge on any atom is 0.329 e. The summed E-state index contributed by atoms with van der Waals surface area (Å²) in [4.78, 5) is 25.8. The Labute approximate surface area is 123 Å². The van der Waals surface area contributed by atoms with E-state index in [-0.39, 0.29) is 11.9 Å². The van der Waals surface area contributed by atoms with E-state index in [0.717, 1.165) is 36.9 Å². The Bertz CT molecular complexity index is 583. The molecule has 1 fully saturated rings. The fraction of sp³-hybridized carbons (Fsp3) is 0.500. The van der Waals surface area contributed by atoms with Gasteiger partial charge in [0.05, 0.1) is 0 Å². The minimum atomic E-state index is -1.16. The lowest BCUT2D eigenvalue weighted by molar-refractivity contribution is -0.144. The molecule has 1 aliphatic carbocycles. The Morgan fingerprint density at radius 3 is 2.71 bits per heavy atom. The molecule has 0 saturated heterocycles. The number of fused-ring (bicyclic) bond motifs is 1. The highest BCUT2D eigenvalue weighted by Gasteiger charge is 2.49. The average Bonchev–Trinajstić information content (AvgIpc) is 3.31. The number of carboxylic acid groups (broad SMARTS) is 1. The molecule has 1 saturated carbocycles. The lowest BCUT2D eigenvalue weighted by Gasteiger charge is -2.34. The van der Waals surface area contributed by atoms with E-state index in [0.29, 0.717) is 6.54 Å². The van der Waals surface area contributed by atoms with Crippen molar-refractivity contribution in [1.29, 1.82) is 0 Å². The largest absolute Gasteiger partial charge is 0.480 e. The van der Waals surface area contributed by atoms with Gasteiger partial charge in [-0.3, -0.25) is 4.90 Å². The van der Waals surface area contributed by atoms with E-state index in [2.05, 4.69) is 5.32 Å². The molecule has 0 radical (unpaired) electrons. The Morgan fingerprint density at radius 1 is 1.33 bits per heavy atom. The van der Waals surface area contributed by atoms with Gasteiger partial charge in [0.2, 0.25) is 0 Å². The molecule has 2 aliphatic rings. The molecule has 0 spiro atoms. The number of carbonyl (C=O) groups is 2. The van der Waals surface area contributed by atoms with Crippen LogP contribution in [0.4, 0.5) is 10.5 Å². The number of aryl methyl sites for hydroxylation is 1. The van der Waals surface area contributed by atoms with Crippen molar-refractivity contribution >= 4 is 17.7 Å². The smallest absolute Gasteiger partial charge is 0.329 e. The zero-order chi connectivity index (χ0) is 15.0. The summed E-state index contributed by atoms with van der Waals surface area (Å²) in [6.45, 7) is 2.24. The summed E-state index contributed by atoms with van der Waals surface area (Å²) >= 11 is 0. The van der Waals surface area contributed by atoms with E-state index in [1.807, 2.05) is 24.3 Å². The van der Waals surface area contributed by atoms with E-state index >= 15 is 0 Å². The monoisotopic (exact) mass is 288 g/mol. The first-order chi connectivity index (χ1) is 10.0. The third-order valence-electron chi connectivity index (χ3n) is 4.56. The van der Waals surface area contributed by atoms with Crippen molar-refractivity contribution in [2.45, 2.75) is 38.1 Å². The fourth-order valence-corrected chi connectivity index (χ4v) is 3.03. The number of carboxylic acids is 1. The van der Waals surface area contributed by atoms with Gasteiger partial charge >= 0.3 is 12.0 Å². The lowest BCUT2D eigenvalue weighted by Crippen LogP contribution is -2.58. The van der Waals surface area contributed by atoms with Gasteiger partial charge in [-0.25, -0.2) is 9.59 Å². The summed E-state index contributed by atoms with van der Waals surface area (Å²) in [5.74, 6) is -0.914.